The van der Waals surface area contributed by atoms with Gasteiger partial charge in [-0.2, -0.15) is 0 Å². The predicted octanol–water partition coefficient (Wildman–Crippen LogP) is 3.57. The molecular formula is C17H17FN2O2. The summed E-state index contributed by atoms with van der Waals surface area (Å²) in [6.07, 6.45) is 4.37. The summed E-state index contributed by atoms with van der Waals surface area (Å²) in [5.74, 6) is 1.16. The second-order valence-electron chi connectivity index (χ2n) is 6.23. The summed E-state index contributed by atoms with van der Waals surface area (Å²) in [5, 5.41) is 6.89. The topological polar surface area (TPSA) is 55.1 Å². The first kappa shape index (κ1) is 13.5. The molecule has 1 heterocycles. The largest absolute Gasteiger partial charge is 0.360 e. The van der Waals surface area contributed by atoms with Crippen molar-refractivity contribution in [1.82, 2.24) is 10.5 Å². The van der Waals surface area contributed by atoms with Gasteiger partial charge in [-0.1, -0.05) is 17.3 Å². The minimum absolute atomic E-state index is 0.0887. The number of rotatable bonds is 5. The van der Waals surface area contributed by atoms with E-state index >= 15 is 0 Å². The quantitative estimate of drug-likeness (QED) is 0.918. The third-order valence-corrected chi connectivity index (χ3v) is 4.35. The van der Waals surface area contributed by atoms with Crippen molar-refractivity contribution in [3.05, 3.63) is 53.2 Å². The van der Waals surface area contributed by atoms with Gasteiger partial charge in [0.1, 0.15) is 11.6 Å². The van der Waals surface area contributed by atoms with Gasteiger partial charge in [0, 0.05) is 12.0 Å². The molecule has 1 aromatic carbocycles. The van der Waals surface area contributed by atoms with Crippen LogP contribution in [0.3, 0.4) is 0 Å². The van der Waals surface area contributed by atoms with Gasteiger partial charge in [-0.15, -0.1) is 0 Å². The lowest BCUT2D eigenvalue weighted by molar-refractivity contribution is 0.0922. The van der Waals surface area contributed by atoms with Gasteiger partial charge in [-0.05, 0) is 49.3 Å². The van der Waals surface area contributed by atoms with E-state index < -0.39 is 0 Å². The van der Waals surface area contributed by atoms with Gasteiger partial charge in [-0.25, -0.2) is 4.39 Å². The molecule has 2 aromatic rings. The molecule has 0 spiro atoms. The van der Waals surface area contributed by atoms with Crippen molar-refractivity contribution in [2.45, 2.75) is 37.6 Å². The predicted molar refractivity (Wildman–Crippen MR) is 77.8 cm³/mol. The molecule has 0 bridgehead atoms. The van der Waals surface area contributed by atoms with Gasteiger partial charge < -0.3 is 9.84 Å². The first-order chi connectivity index (χ1) is 10.7. The molecule has 0 aliphatic heterocycles. The summed E-state index contributed by atoms with van der Waals surface area (Å²) in [6.45, 7) is 0. The van der Waals surface area contributed by atoms with E-state index in [9.17, 15) is 9.18 Å². The van der Waals surface area contributed by atoms with Crippen LogP contribution in [0.25, 0.3) is 0 Å². The highest BCUT2D eigenvalue weighted by molar-refractivity contribution is 5.92. The number of benzene rings is 1. The molecule has 4 rings (SSSR count). The van der Waals surface area contributed by atoms with E-state index in [1.807, 2.05) is 0 Å². The van der Waals surface area contributed by atoms with E-state index in [1.165, 1.54) is 12.1 Å². The second kappa shape index (κ2) is 5.23. The third kappa shape index (κ3) is 2.75. The molecule has 2 aliphatic rings. The summed E-state index contributed by atoms with van der Waals surface area (Å²) in [5.41, 5.74) is 1.26. The van der Waals surface area contributed by atoms with Crippen LogP contribution in [-0.2, 0) is 0 Å². The van der Waals surface area contributed by atoms with Crippen molar-refractivity contribution in [1.29, 1.82) is 0 Å². The Morgan fingerprint density at radius 3 is 2.59 bits per heavy atom. The smallest absolute Gasteiger partial charge is 0.273 e. The molecule has 5 heteroatoms. The van der Waals surface area contributed by atoms with Crippen LogP contribution in [0, 0.1) is 11.7 Å². The minimum atomic E-state index is -0.268. The van der Waals surface area contributed by atoms with Gasteiger partial charge in [0.25, 0.3) is 5.91 Å². The molecular weight excluding hydrogens is 283 g/mol. The van der Waals surface area contributed by atoms with E-state index in [1.54, 1.807) is 18.2 Å². The van der Waals surface area contributed by atoms with E-state index in [4.69, 9.17) is 4.52 Å². The Hall–Kier alpha value is -2.17. The highest BCUT2D eigenvalue weighted by Gasteiger charge is 2.34. The van der Waals surface area contributed by atoms with E-state index in [-0.39, 0.29) is 17.8 Å². The number of nitrogens with one attached hydrogen (secondary N) is 1. The number of nitrogens with zero attached hydrogens (tertiary/aromatic N) is 1. The summed E-state index contributed by atoms with van der Waals surface area (Å²) in [6, 6.07) is 7.97. The fraction of sp³-hybridized carbons (Fsp3) is 0.412. The highest BCUT2D eigenvalue weighted by atomic mass is 19.1. The number of halogens is 1. The SMILES string of the molecule is O=C(NC(c1ccc(F)cc1)C1CC1)c1cc(C2CC2)on1. The Morgan fingerprint density at radius 1 is 1.23 bits per heavy atom. The van der Waals surface area contributed by atoms with Gasteiger partial charge in [0.05, 0.1) is 6.04 Å². The normalized spacial score (nSPS) is 19.0. The highest BCUT2D eigenvalue weighted by Crippen LogP contribution is 2.42. The molecule has 0 saturated heterocycles. The molecule has 2 aliphatic carbocycles. The molecule has 1 unspecified atom stereocenters. The van der Waals surface area contributed by atoms with Crippen LogP contribution in [-0.4, -0.2) is 11.1 Å². The molecule has 2 fully saturated rings. The van der Waals surface area contributed by atoms with Crippen LogP contribution in [0.15, 0.2) is 34.9 Å². The van der Waals surface area contributed by atoms with Crippen molar-refractivity contribution in [2.75, 3.05) is 0 Å². The zero-order valence-corrected chi connectivity index (χ0v) is 12.1. The Labute approximate surface area is 127 Å². The van der Waals surface area contributed by atoms with Crippen LogP contribution in [0.2, 0.25) is 0 Å². The fourth-order valence-electron chi connectivity index (χ4n) is 2.74. The van der Waals surface area contributed by atoms with Gasteiger partial charge in [0.15, 0.2) is 5.69 Å². The van der Waals surface area contributed by atoms with Crippen molar-refractivity contribution < 1.29 is 13.7 Å². The first-order valence-corrected chi connectivity index (χ1v) is 7.73. The van der Waals surface area contributed by atoms with Crippen molar-refractivity contribution >= 4 is 5.91 Å². The van der Waals surface area contributed by atoms with E-state index in [0.717, 1.165) is 37.0 Å². The summed E-state index contributed by atoms with van der Waals surface area (Å²) in [7, 11) is 0. The minimum Gasteiger partial charge on any atom is -0.360 e. The zero-order chi connectivity index (χ0) is 15.1. The standard InChI is InChI=1S/C17H17FN2O2/c18-13-7-5-12(6-8-13)16(11-3-4-11)19-17(21)14-9-15(22-20-14)10-1-2-10/h5-11,16H,1-4H2,(H,19,21). The average molecular weight is 300 g/mol. The molecule has 1 atom stereocenters. The summed E-state index contributed by atoms with van der Waals surface area (Å²) >= 11 is 0. The van der Waals surface area contributed by atoms with E-state index in [2.05, 4.69) is 10.5 Å². The zero-order valence-electron chi connectivity index (χ0n) is 12.1. The number of aromatic nitrogens is 1. The molecule has 1 aromatic heterocycles. The van der Waals surface area contributed by atoms with Crippen molar-refractivity contribution in [3.63, 3.8) is 0 Å². The lowest BCUT2D eigenvalue weighted by atomic mass is 10.0. The fourth-order valence-corrected chi connectivity index (χ4v) is 2.74. The molecule has 4 nitrogen and oxygen atoms in total. The van der Waals surface area contributed by atoms with Crippen molar-refractivity contribution in [3.8, 4) is 0 Å². The van der Waals surface area contributed by atoms with Gasteiger partial charge in [-0.3, -0.25) is 4.79 Å². The van der Waals surface area contributed by atoms with Crippen molar-refractivity contribution in [2.24, 2.45) is 5.92 Å². The summed E-state index contributed by atoms with van der Waals surface area (Å²) in [4.78, 5) is 12.4. The number of amides is 1. The van der Waals surface area contributed by atoms with E-state index in [0.29, 0.717) is 17.5 Å². The number of hydrogen-bond acceptors (Lipinski definition) is 3. The maximum absolute atomic E-state index is 13.1. The Bertz CT molecular complexity index is 687. The monoisotopic (exact) mass is 300 g/mol. The van der Waals surface area contributed by atoms with Gasteiger partial charge in [0.2, 0.25) is 0 Å². The molecule has 1 amide bonds. The third-order valence-electron chi connectivity index (χ3n) is 4.35. The van der Waals surface area contributed by atoms with Crippen LogP contribution in [0.5, 0.6) is 0 Å². The van der Waals surface area contributed by atoms with Crippen LogP contribution in [0.1, 0.15) is 59.5 Å². The molecule has 114 valence electrons. The van der Waals surface area contributed by atoms with Gasteiger partial charge >= 0.3 is 0 Å². The average Bonchev–Trinajstić information content (AvgIpc) is 3.45. The number of carbonyl (C=O) groups is 1. The molecule has 1 N–H and O–H groups in total. The molecule has 0 radical (unpaired) electrons. The molecule has 2 saturated carbocycles. The molecule has 22 heavy (non-hydrogen) atoms. The van der Waals surface area contributed by atoms with Crippen LogP contribution < -0.4 is 5.32 Å². The summed E-state index contributed by atoms with van der Waals surface area (Å²) < 4.78 is 18.3. The Kier molecular flexibility index (Phi) is 3.21. The lowest BCUT2D eigenvalue weighted by Gasteiger charge is -2.18. The second-order valence-corrected chi connectivity index (χ2v) is 6.23. The van der Waals surface area contributed by atoms with Crippen LogP contribution >= 0.6 is 0 Å². The number of carbonyl (C=O) groups excluding carboxylic acids is 1. The Balaban J connectivity index is 1.50. The maximum Gasteiger partial charge on any atom is 0.273 e. The first-order valence-electron chi connectivity index (χ1n) is 7.73. The van der Waals surface area contributed by atoms with Crippen LogP contribution in [0.4, 0.5) is 4.39 Å². The lowest BCUT2D eigenvalue weighted by Crippen LogP contribution is -2.30. The number of hydrogen-bond donors (Lipinski definition) is 1. The maximum atomic E-state index is 13.1. The Morgan fingerprint density at radius 2 is 1.95 bits per heavy atom.